The molecule has 1 atom stereocenters. The highest BCUT2D eigenvalue weighted by Crippen LogP contribution is 2.35. The molecule has 0 saturated heterocycles. The van der Waals surface area contributed by atoms with Crippen molar-refractivity contribution < 1.29 is 9.18 Å². The Bertz CT molecular complexity index is 757. The zero-order chi connectivity index (χ0) is 17.3. The fourth-order valence-corrected chi connectivity index (χ4v) is 3.04. The molecule has 2 aromatic rings. The maximum Gasteiger partial charge on any atom is 0.256 e. The summed E-state index contributed by atoms with van der Waals surface area (Å²) in [6, 6.07) is 12.7. The van der Waals surface area contributed by atoms with Gasteiger partial charge in [-0.05, 0) is 43.0 Å². The molecular formula is C20H23FN2O. The van der Waals surface area contributed by atoms with E-state index in [9.17, 15) is 9.18 Å². The Balaban J connectivity index is 1.93. The average Bonchev–Trinajstić information content (AvgIpc) is 2.81. The molecule has 0 fully saturated rings. The normalized spacial score (nSPS) is 16.6. The molecule has 24 heavy (non-hydrogen) atoms. The van der Waals surface area contributed by atoms with E-state index in [1.54, 1.807) is 6.07 Å². The summed E-state index contributed by atoms with van der Waals surface area (Å²) in [4.78, 5) is 14.6. The van der Waals surface area contributed by atoms with Gasteiger partial charge < -0.3 is 10.2 Å². The van der Waals surface area contributed by atoms with Gasteiger partial charge in [-0.15, -0.1) is 0 Å². The van der Waals surface area contributed by atoms with E-state index in [4.69, 9.17) is 0 Å². The van der Waals surface area contributed by atoms with Crippen LogP contribution >= 0.6 is 0 Å². The molecule has 2 aromatic carbocycles. The fraction of sp³-hybridized carbons (Fsp3) is 0.350. The van der Waals surface area contributed by atoms with E-state index in [2.05, 4.69) is 19.2 Å². The van der Waals surface area contributed by atoms with Crippen LogP contribution in [0, 0.1) is 18.7 Å². The number of rotatable bonds is 5. The SMILES string of the molecule is Cc1ccc(N[C@H]2c3ccccc3C(=O)N2CCC(C)C)c(F)c1. The Kier molecular flexibility index (Phi) is 4.56. The lowest BCUT2D eigenvalue weighted by Gasteiger charge is -2.28. The predicted octanol–water partition coefficient (Wildman–Crippen LogP) is 4.75. The van der Waals surface area contributed by atoms with Crippen molar-refractivity contribution in [1.82, 2.24) is 4.90 Å². The van der Waals surface area contributed by atoms with Crippen molar-refractivity contribution in [3.05, 3.63) is 65.0 Å². The van der Waals surface area contributed by atoms with Crippen LogP contribution in [0.5, 0.6) is 0 Å². The molecule has 0 unspecified atom stereocenters. The quantitative estimate of drug-likeness (QED) is 0.860. The van der Waals surface area contributed by atoms with Gasteiger partial charge in [0.05, 0.1) is 5.69 Å². The molecule has 0 spiro atoms. The van der Waals surface area contributed by atoms with Gasteiger partial charge in [-0.3, -0.25) is 4.79 Å². The number of aryl methyl sites for hydroxylation is 1. The lowest BCUT2D eigenvalue weighted by molar-refractivity contribution is 0.0734. The molecule has 1 N–H and O–H groups in total. The maximum atomic E-state index is 14.3. The fourth-order valence-electron chi connectivity index (χ4n) is 3.04. The maximum absolute atomic E-state index is 14.3. The highest BCUT2D eigenvalue weighted by atomic mass is 19.1. The second-order valence-corrected chi connectivity index (χ2v) is 6.80. The van der Waals surface area contributed by atoms with Gasteiger partial charge in [0.25, 0.3) is 5.91 Å². The van der Waals surface area contributed by atoms with Crippen molar-refractivity contribution >= 4 is 11.6 Å². The van der Waals surface area contributed by atoms with Gasteiger partial charge in [-0.2, -0.15) is 0 Å². The second-order valence-electron chi connectivity index (χ2n) is 6.80. The second kappa shape index (κ2) is 6.63. The first kappa shape index (κ1) is 16.5. The van der Waals surface area contributed by atoms with Crippen LogP contribution in [0.1, 0.15) is 47.9 Å². The van der Waals surface area contributed by atoms with E-state index in [0.29, 0.717) is 23.7 Å². The third-order valence-corrected chi connectivity index (χ3v) is 4.42. The average molecular weight is 326 g/mol. The van der Waals surface area contributed by atoms with Crippen LogP contribution in [0.2, 0.25) is 0 Å². The molecule has 4 heteroatoms. The third kappa shape index (κ3) is 3.14. The van der Waals surface area contributed by atoms with Crippen LogP contribution in [-0.4, -0.2) is 17.4 Å². The predicted molar refractivity (Wildman–Crippen MR) is 94.4 cm³/mol. The summed E-state index contributed by atoms with van der Waals surface area (Å²) in [6.07, 6.45) is 0.582. The number of nitrogens with one attached hydrogen (secondary N) is 1. The van der Waals surface area contributed by atoms with Gasteiger partial charge in [0.1, 0.15) is 12.0 Å². The standard InChI is InChI=1S/C20H23FN2O/c1-13(2)10-11-23-19(15-6-4-5-7-16(15)20(23)24)22-18-9-8-14(3)12-17(18)21/h4-9,12-13,19,22H,10-11H2,1-3H3/t19-/m1/s1. The number of carbonyl (C=O) groups excluding carboxylic acids is 1. The third-order valence-electron chi connectivity index (χ3n) is 4.42. The Morgan fingerprint density at radius 2 is 1.96 bits per heavy atom. The molecule has 0 aliphatic carbocycles. The van der Waals surface area contributed by atoms with Crippen LogP contribution < -0.4 is 5.32 Å². The number of amides is 1. The Hall–Kier alpha value is -2.36. The van der Waals surface area contributed by atoms with Gasteiger partial charge in [0.2, 0.25) is 0 Å². The molecule has 0 radical (unpaired) electrons. The van der Waals surface area contributed by atoms with Gasteiger partial charge >= 0.3 is 0 Å². The molecule has 1 aliphatic rings. The van der Waals surface area contributed by atoms with Gasteiger partial charge in [0.15, 0.2) is 0 Å². The van der Waals surface area contributed by atoms with Crippen molar-refractivity contribution in [3.63, 3.8) is 0 Å². The number of carbonyl (C=O) groups is 1. The lowest BCUT2D eigenvalue weighted by atomic mass is 10.1. The molecule has 0 aromatic heterocycles. The summed E-state index contributed by atoms with van der Waals surface area (Å²) in [6.45, 7) is 6.78. The number of benzene rings is 2. The first-order valence-corrected chi connectivity index (χ1v) is 8.40. The number of nitrogens with zero attached hydrogens (tertiary/aromatic N) is 1. The van der Waals surface area contributed by atoms with Crippen molar-refractivity contribution in [3.8, 4) is 0 Å². The molecule has 1 aliphatic heterocycles. The van der Waals surface area contributed by atoms with Crippen LogP contribution in [0.15, 0.2) is 42.5 Å². The number of hydrogen-bond donors (Lipinski definition) is 1. The topological polar surface area (TPSA) is 32.3 Å². The molecular weight excluding hydrogens is 303 g/mol. The monoisotopic (exact) mass is 326 g/mol. The van der Waals surface area contributed by atoms with Gasteiger partial charge in [-0.1, -0.05) is 38.1 Å². The minimum absolute atomic E-state index is 0.0104. The van der Waals surface area contributed by atoms with Crippen LogP contribution in [-0.2, 0) is 0 Å². The molecule has 0 bridgehead atoms. The molecule has 1 heterocycles. The van der Waals surface area contributed by atoms with Gasteiger partial charge in [0, 0.05) is 17.7 Å². The summed E-state index contributed by atoms with van der Waals surface area (Å²) in [5.41, 5.74) is 2.90. The summed E-state index contributed by atoms with van der Waals surface area (Å²) < 4.78 is 14.3. The van der Waals surface area contributed by atoms with Crippen LogP contribution in [0.3, 0.4) is 0 Å². The summed E-state index contributed by atoms with van der Waals surface area (Å²) in [7, 11) is 0. The Labute approximate surface area is 142 Å². The first-order valence-electron chi connectivity index (χ1n) is 8.40. The van der Waals surface area contributed by atoms with E-state index < -0.39 is 0 Å². The summed E-state index contributed by atoms with van der Waals surface area (Å²) in [5.74, 6) is 0.213. The lowest BCUT2D eigenvalue weighted by Crippen LogP contribution is -2.34. The largest absolute Gasteiger partial charge is 0.359 e. The van der Waals surface area contributed by atoms with Crippen LogP contribution in [0.25, 0.3) is 0 Å². The van der Waals surface area contributed by atoms with E-state index in [-0.39, 0.29) is 17.9 Å². The molecule has 126 valence electrons. The van der Waals surface area contributed by atoms with E-state index in [1.165, 1.54) is 6.07 Å². The first-order chi connectivity index (χ1) is 11.5. The zero-order valence-electron chi connectivity index (χ0n) is 14.3. The minimum Gasteiger partial charge on any atom is -0.359 e. The summed E-state index contributed by atoms with van der Waals surface area (Å²) >= 11 is 0. The number of halogens is 1. The summed E-state index contributed by atoms with van der Waals surface area (Å²) in [5, 5.41) is 3.23. The Morgan fingerprint density at radius 1 is 1.21 bits per heavy atom. The molecule has 3 nitrogen and oxygen atoms in total. The Morgan fingerprint density at radius 3 is 2.67 bits per heavy atom. The van der Waals surface area contributed by atoms with E-state index in [1.807, 2.05) is 42.2 Å². The van der Waals surface area contributed by atoms with Gasteiger partial charge in [-0.25, -0.2) is 4.39 Å². The number of hydrogen-bond acceptors (Lipinski definition) is 2. The number of fused-ring (bicyclic) bond motifs is 1. The molecule has 0 saturated carbocycles. The van der Waals surface area contributed by atoms with Crippen LogP contribution in [0.4, 0.5) is 10.1 Å². The van der Waals surface area contributed by atoms with Crippen molar-refractivity contribution in [2.45, 2.75) is 33.4 Å². The number of anilines is 1. The van der Waals surface area contributed by atoms with Crippen molar-refractivity contribution in [2.24, 2.45) is 5.92 Å². The molecule has 3 rings (SSSR count). The van der Waals surface area contributed by atoms with E-state index in [0.717, 1.165) is 17.5 Å². The highest BCUT2D eigenvalue weighted by molar-refractivity contribution is 5.99. The highest BCUT2D eigenvalue weighted by Gasteiger charge is 2.36. The van der Waals surface area contributed by atoms with Crippen molar-refractivity contribution in [1.29, 1.82) is 0 Å². The van der Waals surface area contributed by atoms with E-state index >= 15 is 0 Å². The minimum atomic E-state index is -0.329. The molecule has 1 amide bonds. The zero-order valence-corrected chi connectivity index (χ0v) is 14.3. The van der Waals surface area contributed by atoms with Crippen molar-refractivity contribution in [2.75, 3.05) is 11.9 Å². The smallest absolute Gasteiger partial charge is 0.256 e.